The summed E-state index contributed by atoms with van der Waals surface area (Å²) in [7, 11) is 3.35. The molecular formula is C78H70N4O6. The molecule has 2 fully saturated rings. The molecule has 12 aromatic rings. The highest BCUT2D eigenvalue weighted by Gasteiger charge is 2.29. The molecule has 0 heterocycles. The second kappa shape index (κ2) is 24.2. The van der Waals surface area contributed by atoms with E-state index in [2.05, 4.69) is 83.4 Å². The smallest absolute Gasteiger partial charge is 0.132 e. The summed E-state index contributed by atoms with van der Waals surface area (Å²) in [4.78, 5) is 10.6. The Hall–Kier alpha value is -9.74. The summed E-state index contributed by atoms with van der Waals surface area (Å²) in [5, 5.41) is 69.3. The first-order chi connectivity index (χ1) is 43.2. The lowest BCUT2D eigenvalue weighted by molar-refractivity contribution is 0.327. The Kier molecular flexibility index (Phi) is 15.4. The van der Waals surface area contributed by atoms with Gasteiger partial charge in [-0.2, -0.15) is 0 Å². The van der Waals surface area contributed by atoms with E-state index in [0.29, 0.717) is 46.8 Å². The van der Waals surface area contributed by atoms with E-state index in [4.69, 9.17) is 19.5 Å². The van der Waals surface area contributed by atoms with Gasteiger partial charge < -0.3 is 40.5 Å². The molecule has 2 aliphatic rings. The van der Waals surface area contributed by atoms with Gasteiger partial charge in [0.05, 0.1) is 26.3 Å². The fourth-order valence-electron chi connectivity index (χ4n) is 14.2. The van der Waals surface area contributed by atoms with E-state index < -0.39 is 0 Å². The highest BCUT2D eigenvalue weighted by molar-refractivity contribution is 6.15. The van der Waals surface area contributed by atoms with Gasteiger partial charge in [-0.1, -0.05) is 177 Å². The molecule has 4 atom stereocenters. The van der Waals surface area contributed by atoms with E-state index in [9.17, 15) is 20.4 Å². The zero-order valence-electron chi connectivity index (χ0n) is 49.5. The number of phenols is 4. The van der Waals surface area contributed by atoms with E-state index in [-0.39, 0.29) is 47.2 Å². The van der Waals surface area contributed by atoms with Crippen molar-refractivity contribution < 1.29 is 29.9 Å². The largest absolute Gasteiger partial charge is 0.507 e. The van der Waals surface area contributed by atoms with Gasteiger partial charge in [-0.3, -0.25) is 9.98 Å². The quantitative estimate of drug-likeness (QED) is 0.0556. The molecule has 0 aromatic heterocycles. The number of ether oxygens (including phenoxy) is 2. The van der Waals surface area contributed by atoms with Gasteiger partial charge in [0, 0.05) is 93.2 Å². The number of hydrogen-bond donors (Lipinski definition) is 6. The van der Waals surface area contributed by atoms with E-state index in [1.165, 1.54) is 0 Å². The first-order valence-electron chi connectivity index (χ1n) is 30.9. The van der Waals surface area contributed by atoms with Crippen LogP contribution in [0.1, 0.15) is 73.6 Å². The van der Waals surface area contributed by atoms with Gasteiger partial charge in [0.15, 0.2) is 0 Å². The summed E-state index contributed by atoms with van der Waals surface area (Å²) >= 11 is 0. The van der Waals surface area contributed by atoms with Crippen molar-refractivity contribution in [3.8, 4) is 67.9 Å². The summed E-state index contributed by atoms with van der Waals surface area (Å²) in [6, 6.07) is 64.9. The second-order valence-corrected chi connectivity index (χ2v) is 23.8. The van der Waals surface area contributed by atoms with Crippen LogP contribution in [0.5, 0.6) is 34.5 Å². The third-order valence-corrected chi connectivity index (χ3v) is 18.6. The van der Waals surface area contributed by atoms with Crippen LogP contribution in [0.25, 0.3) is 98.0 Å². The van der Waals surface area contributed by atoms with Crippen LogP contribution in [0.2, 0.25) is 0 Å². The average molecular weight is 1160 g/mol. The maximum atomic E-state index is 12.7. The number of rotatable bonds is 15. The number of aliphatic imine (C=N–C) groups is 2. The fraction of sp³-hybridized carbons (Fsp3) is 0.205. The minimum Gasteiger partial charge on any atom is -0.507 e. The van der Waals surface area contributed by atoms with Crippen molar-refractivity contribution in [3.05, 3.63) is 216 Å². The Labute approximate surface area is 512 Å². The van der Waals surface area contributed by atoms with Crippen LogP contribution in [-0.2, 0) is 13.1 Å². The van der Waals surface area contributed by atoms with E-state index in [0.717, 1.165) is 149 Å². The van der Waals surface area contributed by atoms with Crippen molar-refractivity contribution in [1.82, 2.24) is 10.6 Å². The lowest BCUT2D eigenvalue weighted by atomic mass is 9.88. The van der Waals surface area contributed by atoms with Crippen molar-refractivity contribution in [2.24, 2.45) is 9.98 Å². The van der Waals surface area contributed by atoms with Gasteiger partial charge in [-0.25, -0.2) is 0 Å². The fourth-order valence-corrected chi connectivity index (χ4v) is 14.2. The molecule has 0 amide bonds. The minimum absolute atomic E-state index is 0.000704. The number of phenolic OH excluding ortho intramolecular Hbond substituents is 4. The molecule has 12 aromatic carbocycles. The number of fused-ring (bicyclic) bond motifs is 6. The molecule has 6 N–H and O–H groups in total. The van der Waals surface area contributed by atoms with Gasteiger partial charge in [0.1, 0.15) is 34.5 Å². The number of methoxy groups -OCH3 is 2. The van der Waals surface area contributed by atoms with Crippen LogP contribution < -0.4 is 20.1 Å². The second-order valence-electron chi connectivity index (χ2n) is 23.8. The first-order valence-corrected chi connectivity index (χ1v) is 30.9. The summed E-state index contributed by atoms with van der Waals surface area (Å²) in [6.07, 6.45) is 11.3. The van der Waals surface area contributed by atoms with Crippen molar-refractivity contribution in [1.29, 1.82) is 0 Å². The Morgan fingerprint density at radius 1 is 0.375 bits per heavy atom. The minimum atomic E-state index is -0.106. The third-order valence-electron chi connectivity index (χ3n) is 18.6. The van der Waals surface area contributed by atoms with Crippen molar-refractivity contribution in [3.63, 3.8) is 0 Å². The highest BCUT2D eigenvalue weighted by Crippen LogP contribution is 2.50. The molecule has 2 saturated carbocycles. The molecule has 0 aliphatic heterocycles. The Morgan fingerprint density at radius 2 is 0.750 bits per heavy atom. The molecule has 0 spiro atoms. The number of nitrogens with zero attached hydrogens (tertiary/aromatic N) is 2. The van der Waals surface area contributed by atoms with Crippen LogP contribution >= 0.6 is 0 Å². The zero-order chi connectivity index (χ0) is 59.8. The molecule has 0 unspecified atom stereocenters. The molecular weight excluding hydrogens is 1090 g/mol. The Morgan fingerprint density at radius 3 is 1.23 bits per heavy atom. The maximum Gasteiger partial charge on any atom is 0.132 e. The van der Waals surface area contributed by atoms with Crippen LogP contribution in [0.4, 0.5) is 0 Å². The molecule has 0 saturated heterocycles. The standard InChI is InChI=1S/C78H70N4O6/c1-87-68-36-35-47-19-5-10-26-58(47)71(68)72-60-28-12-7-23-51(60)38-55(76(72)84)44-80-66-33-17-18-34-67(66)82-46-57-40-53-25-9-14-30-62(53)74(78(57)86)73-61-29-13-8-24-52(61)39-56(77(73)85)45-81-65-32-16-15-31-64(65)79-43-54-37-50-22-6-11-27-59(50)70(75(54)83)63-41-48-20-3-4-21-49(48)42-69(63)88-2/h3-14,19-30,35-42,45-46,64-67,79-80,83-86H,15-18,31-34,43-44H2,1-2H3/t64-,65-,66-,67-/m1/s1. The molecule has 2 aliphatic carbocycles. The number of benzene rings is 12. The molecule has 10 nitrogen and oxygen atoms in total. The van der Waals surface area contributed by atoms with Gasteiger partial charge in [0.25, 0.3) is 0 Å². The predicted octanol–water partition coefficient (Wildman–Crippen LogP) is 17.5. The highest BCUT2D eigenvalue weighted by atomic mass is 16.5. The molecule has 0 radical (unpaired) electrons. The molecule has 10 heteroatoms. The maximum absolute atomic E-state index is 12.7. The van der Waals surface area contributed by atoms with Gasteiger partial charge in [-0.05, 0) is 133 Å². The van der Waals surface area contributed by atoms with Crippen LogP contribution in [0.15, 0.2) is 204 Å². The summed E-state index contributed by atoms with van der Waals surface area (Å²) in [6.45, 7) is 0.842. The van der Waals surface area contributed by atoms with Crippen LogP contribution in [0, 0.1) is 0 Å². The normalized spacial score (nSPS) is 17.3. The summed E-state index contributed by atoms with van der Waals surface area (Å²) < 4.78 is 12.0. The SMILES string of the molecule is COc1cc2ccccc2cc1-c1c(O)c(CN[C@@H]2CCCC[C@H]2N=Cc2cc3ccccc3c(-c3c(O)c(C=N[C@@H]4CCCC[C@H]4NCc4cc5ccccc5c(-c5c(OC)ccc6ccccc56)c4O)cc4ccccc34)c2O)cc2ccccc12. The first kappa shape index (κ1) is 56.1. The number of hydrogen-bond acceptors (Lipinski definition) is 10. The lowest BCUT2D eigenvalue weighted by Crippen LogP contribution is -2.40. The van der Waals surface area contributed by atoms with Crippen LogP contribution in [0.3, 0.4) is 0 Å². The topological polar surface area (TPSA) is 148 Å². The molecule has 88 heavy (non-hydrogen) atoms. The summed E-state index contributed by atoms with van der Waals surface area (Å²) in [5.74, 6) is 1.89. The lowest BCUT2D eigenvalue weighted by Gasteiger charge is -2.30. The van der Waals surface area contributed by atoms with Crippen molar-refractivity contribution >= 4 is 77.1 Å². The Balaban J connectivity index is 0.760. The molecule has 0 bridgehead atoms. The Bertz CT molecular complexity index is 4730. The predicted molar refractivity (Wildman–Crippen MR) is 361 cm³/mol. The van der Waals surface area contributed by atoms with E-state index in [1.807, 2.05) is 134 Å². The average Bonchev–Trinajstić information content (AvgIpc) is 0.917. The third kappa shape index (κ3) is 10.5. The van der Waals surface area contributed by atoms with Gasteiger partial charge in [-0.15, -0.1) is 0 Å². The van der Waals surface area contributed by atoms with Gasteiger partial charge in [0.2, 0.25) is 0 Å². The zero-order valence-corrected chi connectivity index (χ0v) is 49.5. The van der Waals surface area contributed by atoms with Crippen molar-refractivity contribution in [2.45, 2.75) is 88.6 Å². The number of aromatic hydroxyl groups is 4. The van der Waals surface area contributed by atoms with Crippen LogP contribution in [-0.4, -0.2) is 71.2 Å². The van der Waals surface area contributed by atoms with Crippen molar-refractivity contribution in [2.75, 3.05) is 14.2 Å². The summed E-state index contributed by atoms with van der Waals surface area (Å²) in [5.41, 5.74) is 6.92. The van der Waals surface area contributed by atoms with E-state index in [1.54, 1.807) is 14.2 Å². The van der Waals surface area contributed by atoms with E-state index >= 15 is 0 Å². The molecule has 438 valence electrons. The number of nitrogens with one attached hydrogen (secondary N) is 2. The van der Waals surface area contributed by atoms with Gasteiger partial charge >= 0.3 is 0 Å². The molecule has 14 rings (SSSR count). The monoisotopic (exact) mass is 1160 g/mol.